The third kappa shape index (κ3) is 5.36. The maximum Gasteiger partial charge on any atom is 0.310 e. The number of carbonyl (C=O) groups is 1. The van der Waals surface area contributed by atoms with Crippen LogP contribution in [0.2, 0.25) is 0 Å². The van der Waals surface area contributed by atoms with Crippen molar-refractivity contribution in [2.24, 2.45) is 5.92 Å². The molecule has 0 atom stereocenters. The monoisotopic (exact) mass is 557 g/mol. The van der Waals surface area contributed by atoms with Gasteiger partial charge >= 0.3 is 10.2 Å². The third-order valence-corrected chi connectivity index (χ3v) is 8.45. The molecule has 12 heteroatoms. The number of hydrogen-bond donors (Lipinski definition) is 0. The molecule has 2 aliphatic rings. The lowest BCUT2D eigenvalue weighted by Gasteiger charge is -2.40. The predicted octanol–water partition coefficient (Wildman–Crippen LogP) is 6.91. The number of benzene rings is 2. The summed E-state index contributed by atoms with van der Waals surface area (Å²) in [6.07, 6.45) is 5.47. The third-order valence-electron chi connectivity index (χ3n) is 7.31. The smallest absolute Gasteiger partial charge is 0.310 e. The van der Waals surface area contributed by atoms with Crippen LogP contribution in [0.3, 0.4) is 0 Å². The largest absolute Gasteiger partial charge is 0.490 e. The second-order valence-electron chi connectivity index (χ2n) is 10.1. The highest BCUT2D eigenvalue weighted by atomic mass is 32.5. The Hall–Kier alpha value is -3.15. The van der Waals surface area contributed by atoms with E-state index in [1.165, 1.54) is 6.92 Å². The topological polar surface area (TPSA) is 64.4 Å². The number of rotatable bonds is 5. The number of aryl methyl sites for hydroxylation is 1. The van der Waals surface area contributed by atoms with Gasteiger partial charge in [0.1, 0.15) is 22.6 Å². The van der Waals surface area contributed by atoms with Gasteiger partial charge in [-0.25, -0.2) is 4.98 Å². The number of hydrogen-bond acceptors (Lipinski definition) is 4. The zero-order chi connectivity index (χ0) is 27.4. The molecule has 0 bridgehead atoms. The fraction of sp³-hybridized carbons (Fsp3) is 0.423. The second kappa shape index (κ2) is 8.69. The standard InChI is InChI=1S/C26H28F5N3O3S/c1-17-32-24-11-10-22(38(27,28,29,30)31)16-23(24)26(36)34(17)19-6-8-20(9-7-19)37-21-12-14-33(15-13-21)25(35)18-4-2-3-5-18/h6-11,16,18,21H,2-5,12-15H2,1H3. The predicted molar refractivity (Wildman–Crippen MR) is 136 cm³/mol. The van der Waals surface area contributed by atoms with Gasteiger partial charge in [-0.2, -0.15) is 0 Å². The van der Waals surface area contributed by atoms with E-state index in [9.17, 15) is 29.0 Å². The number of halogens is 5. The molecule has 1 aliphatic heterocycles. The molecule has 2 heterocycles. The molecule has 0 radical (unpaired) electrons. The first-order valence-electron chi connectivity index (χ1n) is 12.5. The summed E-state index contributed by atoms with van der Waals surface area (Å²) < 4.78 is 73.7. The van der Waals surface area contributed by atoms with Crippen LogP contribution in [0.25, 0.3) is 16.6 Å². The van der Waals surface area contributed by atoms with Crippen molar-refractivity contribution in [3.63, 3.8) is 0 Å². The van der Waals surface area contributed by atoms with E-state index < -0.39 is 26.1 Å². The average molecular weight is 558 g/mol. The summed E-state index contributed by atoms with van der Waals surface area (Å²) >= 11 is 0. The van der Waals surface area contributed by atoms with E-state index in [0.29, 0.717) is 37.4 Å². The Morgan fingerprint density at radius 1 is 0.947 bits per heavy atom. The zero-order valence-corrected chi connectivity index (χ0v) is 21.5. The van der Waals surface area contributed by atoms with Gasteiger partial charge in [-0.3, -0.25) is 14.2 Å². The highest BCUT2D eigenvalue weighted by molar-refractivity contribution is 8.45. The van der Waals surface area contributed by atoms with Crippen molar-refractivity contribution in [2.45, 2.75) is 56.4 Å². The molecule has 3 aromatic rings. The summed E-state index contributed by atoms with van der Waals surface area (Å²) in [6, 6.07) is 7.59. The van der Waals surface area contributed by atoms with Crippen molar-refractivity contribution in [3.05, 3.63) is 58.6 Å². The van der Waals surface area contributed by atoms with Crippen LogP contribution >= 0.6 is 10.2 Å². The molecule has 0 N–H and O–H groups in total. The number of nitrogens with zero attached hydrogens (tertiary/aromatic N) is 3. The fourth-order valence-corrected chi connectivity index (χ4v) is 5.98. The van der Waals surface area contributed by atoms with Crippen molar-refractivity contribution in [2.75, 3.05) is 13.1 Å². The Morgan fingerprint density at radius 3 is 2.18 bits per heavy atom. The molecule has 0 spiro atoms. The molecule has 0 unspecified atom stereocenters. The van der Waals surface area contributed by atoms with Crippen molar-refractivity contribution in [1.82, 2.24) is 14.5 Å². The molecule has 2 fully saturated rings. The second-order valence-corrected chi connectivity index (χ2v) is 12.5. The zero-order valence-electron chi connectivity index (χ0n) is 20.7. The minimum Gasteiger partial charge on any atom is -0.490 e. The first kappa shape index (κ1) is 26.5. The highest BCUT2D eigenvalue weighted by Crippen LogP contribution is 3.02. The molecule has 206 valence electrons. The summed E-state index contributed by atoms with van der Waals surface area (Å²) in [4.78, 5) is 29.6. The van der Waals surface area contributed by atoms with Crippen LogP contribution in [0, 0.1) is 12.8 Å². The van der Waals surface area contributed by atoms with E-state index in [4.69, 9.17) is 4.74 Å². The van der Waals surface area contributed by atoms with Crippen LogP contribution in [-0.4, -0.2) is 39.6 Å². The van der Waals surface area contributed by atoms with Gasteiger partial charge in [0.25, 0.3) is 5.56 Å². The molecule has 38 heavy (non-hydrogen) atoms. The molecule has 2 aromatic carbocycles. The number of fused-ring (bicyclic) bond motifs is 1. The molecule has 1 aromatic heterocycles. The van der Waals surface area contributed by atoms with Crippen molar-refractivity contribution >= 4 is 27.0 Å². The van der Waals surface area contributed by atoms with E-state index in [-0.39, 0.29) is 41.4 Å². The van der Waals surface area contributed by atoms with Gasteiger partial charge in [0.2, 0.25) is 5.91 Å². The van der Waals surface area contributed by atoms with Crippen LogP contribution in [0.4, 0.5) is 19.4 Å². The number of piperidine rings is 1. The maximum absolute atomic E-state index is 13.3. The van der Waals surface area contributed by atoms with Gasteiger partial charge in [-0.1, -0.05) is 32.3 Å². The molecular formula is C26H28F5N3O3S. The van der Waals surface area contributed by atoms with Crippen molar-refractivity contribution < 1.29 is 29.0 Å². The van der Waals surface area contributed by atoms with Gasteiger partial charge in [-0.15, -0.1) is 0 Å². The minimum absolute atomic E-state index is 0.0781. The molecule has 5 rings (SSSR count). The number of ether oxygens (including phenoxy) is 1. The van der Waals surface area contributed by atoms with E-state index in [0.717, 1.165) is 36.3 Å². The molecule has 1 aliphatic carbocycles. The van der Waals surface area contributed by atoms with Gasteiger partial charge < -0.3 is 9.64 Å². The SMILES string of the molecule is Cc1nc2ccc(S(F)(F)(F)(F)F)cc2c(=O)n1-c1ccc(OC2CCN(C(=O)C3CCCC3)CC2)cc1. The number of carbonyl (C=O) groups excluding carboxylic acids is 1. The van der Waals surface area contributed by atoms with Crippen molar-refractivity contribution in [1.29, 1.82) is 0 Å². The van der Waals surface area contributed by atoms with Crippen LogP contribution in [0.15, 0.2) is 52.2 Å². The quantitative estimate of drug-likeness (QED) is 0.320. The first-order chi connectivity index (χ1) is 17.7. The molecular weight excluding hydrogens is 529 g/mol. The average Bonchev–Trinajstić information content (AvgIpc) is 3.39. The van der Waals surface area contributed by atoms with Crippen LogP contribution in [0.5, 0.6) is 5.75 Å². The van der Waals surface area contributed by atoms with Crippen LogP contribution in [0.1, 0.15) is 44.3 Å². The van der Waals surface area contributed by atoms with Gasteiger partial charge in [0, 0.05) is 31.8 Å². The molecule has 1 saturated heterocycles. The summed E-state index contributed by atoms with van der Waals surface area (Å²) in [5.74, 6) is 1.12. The Bertz CT molecular complexity index is 1450. The van der Waals surface area contributed by atoms with Crippen LogP contribution < -0.4 is 10.3 Å². The first-order valence-corrected chi connectivity index (χ1v) is 14.5. The summed E-state index contributed by atoms with van der Waals surface area (Å²) in [5, 5.41) is -0.555. The molecule has 1 amide bonds. The summed E-state index contributed by atoms with van der Waals surface area (Å²) in [5.41, 5.74) is -0.680. The lowest BCUT2D eigenvalue weighted by molar-refractivity contribution is -0.137. The van der Waals surface area contributed by atoms with Crippen molar-refractivity contribution in [3.8, 4) is 11.4 Å². The Morgan fingerprint density at radius 2 is 1.58 bits per heavy atom. The highest BCUT2D eigenvalue weighted by Gasteiger charge is 2.65. The van der Waals surface area contributed by atoms with Gasteiger partial charge in [0.15, 0.2) is 0 Å². The Kier molecular flexibility index (Phi) is 6.05. The summed E-state index contributed by atoms with van der Waals surface area (Å²) in [6.45, 7) is 2.77. The van der Waals surface area contributed by atoms with E-state index >= 15 is 0 Å². The molecule has 1 saturated carbocycles. The minimum atomic E-state index is -9.96. The lowest BCUT2D eigenvalue weighted by Crippen LogP contribution is -2.43. The van der Waals surface area contributed by atoms with Gasteiger partial charge in [-0.05, 0) is 62.2 Å². The number of aromatic nitrogens is 2. The molecule has 6 nitrogen and oxygen atoms in total. The number of amides is 1. The fourth-order valence-electron chi connectivity index (χ4n) is 5.31. The van der Waals surface area contributed by atoms with Crippen LogP contribution in [-0.2, 0) is 4.79 Å². The maximum atomic E-state index is 13.3. The van der Waals surface area contributed by atoms with E-state index in [2.05, 4.69) is 4.98 Å². The van der Waals surface area contributed by atoms with E-state index in [1.54, 1.807) is 24.3 Å². The van der Waals surface area contributed by atoms with E-state index in [1.807, 2.05) is 4.90 Å². The Balaban J connectivity index is 1.32. The normalized spacial score (nSPS) is 19.4. The summed E-state index contributed by atoms with van der Waals surface area (Å²) in [7, 11) is -9.96. The van der Waals surface area contributed by atoms with Gasteiger partial charge in [0.05, 0.1) is 16.6 Å². The Labute approximate surface area is 216 Å². The lowest BCUT2D eigenvalue weighted by atomic mass is 10.0. The number of likely N-dealkylation sites (tertiary alicyclic amines) is 1.